The molecule has 0 aliphatic rings. The van der Waals surface area contributed by atoms with Crippen LogP contribution < -0.4 is 11.1 Å². The number of sulfone groups is 1. The maximum Gasteiger partial charge on any atom is 0.251 e. The lowest BCUT2D eigenvalue weighted by Crippen LogP contribution is -2.26. The van der Waals surface area contributed by atoms with Crippen LogP contribution in [0.3, 0.4) is 0 Å². The van der Waals surface area contributed by atoms with E-state index in [1.807, 2.05) is 0 Å². The fourth-order valence-electron chi connectivity index (χ4n) is 1.79. The van der Waals surface area contributed by atoms with Crippen molar-refractivity contribution in [2.75, 3.05) is 13.2 Å². The van der Waals surface area contributed by atoms with E-state index in [0.29, 0.717) is 12.1 Å². The van der Waals surface area contributed by atoms with Gasteiger partial charge in [0.15, 0.2) is 0 Å². The van der Waals surface area contributed by atoms with Gasteiger partial charge in [0, 0.05) is 23.5 Å². The lowest BCUT2D eigenvalue weighted by Gasteiger charge is -2.05. The molecule has 1 heterocycles. The number of aliphatic hydroxyl groups excluding tert-OH is 1. The van der Waals surface area contributed by atoms with Crippen LogP contribution in [0.1, 0.15) is 15.2 Å². The van der Waals surface area contributed by atoms with Gasteiger partial charge in [-0.25, -0.2) is 8.42 Å². The quantitative estimate of drug-likeness (QED) is 0.719. The van der Waals surface area contributed by atoms with Crippen molar-refractivity contribution in [3.63, 3.8) is 0 Å². The summed E-state index contributed by atoms with van der Waals surface area (Å²) < 4.78 is 25.1. The van der Waals surface area contributed by atoms with Crippen LogP contribution in [0.5, 0.6) is 0 Å². The van der Waals surface area contributed by atoms with Crippen LogP contribution in [0.15, 0.2) is 45.5 Å². The second-order valence-corrected chi connectivity index (χ2v) is 7.78. The van der Waals surface area contributed by atoms with E-state index >= 15 is 0 Å². The highest BCUT2D eigenvalue weighted by atomic mass is 32.2. The van der Waals surface area contributed by atoms with Gasteiger partial charge in [0.1, 0.15) is 4.21 Å². The van der Waals surface area contributed by atoms with Crippen molar-refractivity contribution in [2.45, 2.75) is 15.6 Å². The zero-order valence-corrected chi connectivity index (χ0v) is 13.3. The van der Waals surface area contributed by atoms with E-state index in [4.69, 9.17) is 10.8 Å². The molecule has 2 rings (SSSR count). The Morgan fingerprint density at radius 1 is 1.18 bits per heavy atom. The predicted molar refractivity (Wildman–Crippen MR) is 83.5 cm³/mol. The SMILES string of the molecule is NCc1ccc(S(=O)(=O)c2ccc(C(=O)NCCO)cc2)s1. The average molecular weight is 340 g/mol. The molecule has 1 aromatic carbocycles. The third kappa shape index (κ3) is 3.53. The van der Waals surface area contributed by atoms with E-state index in [2.05, 4.69) is 5.32 Å². The Bertz CT molecular complexity index is 751. The summed E-state index contributed by atoms with van der Waals surface area (Å²) in [6.07, 6.45) is 0. The number of rotatable bonds is 6. The molecule has 0 fully saturated rings. The standard InChI is InChI=1S/C14H16N2O4S2/c15-9-11-3-6-13(21-11)22(19,20)12-4-1-10(2-5-12)14(18)16-7-8-17/h1-6,17H,7-9,15H2,(H,16,18). The minimum absolute atomic E-state index is 0.122. The van der Waals surface area contributed by atoms with Gasteiger partial charge in [-0.1, -0.05) is 0 Å². The van der Waals surface area contributed by atoms with Crippen molar-refractivity contribution in [3.05, 3.63) is 46.8 Å². The number of nitrogens with one attached hydrogen (secondary N) is 1. The highest BCUT2D eigenvalue weighted by Crippen LogP contribution is 2.27. The molecule has 0 saturated heterocycles. The Morgan fingerprint density at radius 2 is 1.86 bits per heavy atom. The number of hydrogen-bond acceptors (Lipinski definition) is 6. The number of benzene rings is 1. The molecule has 1 aromatic heterocycles. The number of amides is 1. The van der Waals surface area contributed by atoms with Crippen LogP contribution in [0.25, 0.3) is 0 Å². The molecule has 0 radical (unpaired) electrons. The normalized spacial score (nSPS) is 11.4. The van der Waals surface area contributed by atoms with Crippen molar-refractivity contribution in [2.24, 2.45) is 5.73 Å². The monoisotopic (exact) mass is 340 g/mol. The maximum atomic E-state index is 12.5. The number of aliphatic hydroxyl groups is 1. The minimum atomic E-state index is -3.60. The van der Waals surface area contributed by atoms with Crippen LogP contribution in [0, 0.1) is 0 Å². The van der Waals surface area contributed by atoms with E-state index in [-0.39, 0.29) is 28.2 Å². The molecule has 118 valence electrons. The Balaban J connectivity index is 2.24. The number of hydrogen-bond donors (Lipinski definition) is 3. The highest BCUT2D eigenvalue weighted by molar-refractivity contribution is 7.93. The first kappa shape index (κ1) is 16.6. The molecule has 2 aromatic rings. The molecule has 1 amide bonds. The molecular formula is C14H16N2O4S2. The van der Waals surface area contributed by atoms with Crippen molar-refractivity contribution in [3.8, 4) is 0 Å². The van der Waals surface area contributed by atoms with Crippen LogP contribution >= 0.6 is 11.3 Å². The zero-order chi connectivity index (χ0) is 16.2. The van der Waals surface area contributed by atoms with E-state index in [1.54, 1.807) is 6.07 Å². The van der Waals surface area contributed by atoms with Crippen LogP contribution in [0.2, 0.25) is 0 Å². The molecule has 0 bridgehead atoms. The topological polar surface area (TPSA) is 109 Å². The van der Waals surface area contributed by atoms with Crippen molar-refractivity contribution in [1.29, 1.82) is 0 Å². The van der Waals surface area contributed by atoms with Crippen molar-refractivity contribution in [1.82, 2.24) is 5.32 Å². The Hall–Kier alpha value is -1.74. The Morgan fingerprint density at radius 3 is 2.41 bits per heavy atom. The Labute approximate surface area is 132 Å². The number of thiophene rings is 1. The first-order valence-electron chi connectivity index (χ1n) is 6.52. The number of carbonyl (C=O) groups is 1. The van der Waals surface area contributed by atoms with Gasteiger partial charge >= 0.3 is 0 Å². The summed E-state index contributed by atoms with van der Waals surface area (Å²) in [6, 6.07) is 8.89. The molecule has 6 nitrogen and oxygen atoms in total. The first-order valence-corrected chi connectivity index (χ1v) is 8.82. The predicted octanol–water partition coefficient (Wildman–Crippen LogP) is 0.762. The summed E-state index contributed by atoms with van der Waals surface area (Å²) in [5.74, 6) is -0.362. The summed E-state index contributed by atoms with van der Waals surface area (Å²) in [5.41, 5.74) is 5.83. The second kappa shape index (κ2) is 7.01. The molecule has 0 aliphatic heterocycles. The van der Waals surface area contributed by atoms with Gasteiger partial charge in [-0.15, -0.1) is 11.3 Å². The van der Waals surface area contributed by atoms with E-state index in [1.165, 1.54) is 30.3 Å². The third-order valence-electron chi connectivity index (χ3n) is 2.93. The van der Waals surface area contributed by atoms with Gasteiger partial charge in [-0.2, -0.15) is 0 Å². The summed E-state index contributed by atoms with van der Waals surface area (Å²) in [5, 5.41) is 11.2. The highest BCUT2D eigenvalue weighted by Gasteiger charge is 2.20. The molecule has 0 unspecified atom stereocenters. The second-order valence-electron chi connectivity index (χ2n) is 4.43. The molecule has 0 spiro atoms. The number of nitrogens with two attached hydrogens (primary N) is 1. The molecule has 8 heteroatoms. The van der Waals surface area contributed by atoms with Gasteiger partial charge < -0.3 is 16.2 Å². The lowest BCUT2D eigenvalue weighted by molar-refractivity contribution is 0.0944. The molecule has 0 atom stereocenters. The fourth-order valence-corrected chi connectivity index (χ4v) is 4.42. The Kier molecular flexibility index (Phi) is 5.30. The van der Waals surface area contributed by atoms with Gasteiger partial charge in [-0.3, -0.25) is 4.79 Å². The van der Waals surface area contributed by atoms with Gasteiger partial charge in [0.2, 0.25) is 9.84 Å². The van der Waals surface area contributed by atoms with E-state index in [9.17, 15) is 13.2 Å². The van der Waals surface area contributed by atoms with E-state index < -0.39 is 9.84 Å². The van der Waals surface area contributed by atoms with Crippen LogP contribution in [0.4, 0.5) is 0 Å². The van der Waals surface area contributed by atoms with Crippen LogP contribution in [-0.4, -0.2) is 32.6 Å². The molecular weight excluding hydrogens is 324 g/mol. The summed E-state index contributed by atoms with van der Waals surface area (Å²) in [4.78, 5) is 12.6. The molecule has 0 aliphatic carbocycles. The largest absolute Gasteiger partial charge is 0.395 e. The minimum Gasteiger partial charge on any atom is -0.395 e. The summed E-state index contributed by atoms with van der Waals surface area (Å²) in [7, 11) is -3.60. The maximum absolute atomic E-state index is 12.5. The van der Waals surface area contributed by atoms with Crippen molar-refractivity contribution >= 4 is 27.1 Å². The lowest BCUT2D eigenvalue weighted by atomic mass is 10.2. The van der Waals surface area contributed by atoms with Gasteiger partial charge in [0.25, 0.3) is 5.91 Å². The van der Waals surface area contributed by atoms with Gasteiger partial charge in [0.05, 0.1) is 11.5 Å². The third-order valence-corrected chi connectivity index (χ3v) is 6.30. The van der Waals surface area contributed by atoms with Crippen molar-refractivity contribution < 1.29 is 18.3 Å². The zero-order valence-electron chi connectivity index (χ0n) is 11.7. The summed E-state index contributed by atoms with van der Waals surface area (Å²) >= 11 is 1.14. The first-order chi connectivity index (χ1) is 10.5. The van der Waals surface area contributed by atoms with E-state index in [0.717, 1.165) is 16.2 Å². The smallest absolute Gasteiger partial charge is 0.251 e. The van der Waals surface area contributed by atoms with Crippen LogP contribution in [-0.2, 0) is 16.4 Å². The fraction of sp³-hybridized carbons (Fsp3) is 0.214. The molecule has 0 saturated carbocycles. The average Bonchev–Trinajstić information content (AvgIpc) is 3.02. The number of carbonyl (C=O) groups excluding carboxylic acids is 1. The molecule has 4 N–H and O–H groups in total. The van der Waals surface area contributed by atoms with Gasteiger partial charge in [-0.05, 0) is 36.4 Å². The summed E-state index contributed by atoms with van der Waals surface area (Å²) in [6.45, 7) is 0.292. The molecule has 22 heavy (non-hydrogen) atoms.